The molecular formula is C15H21ClN2O2. The van der Waals surface area contributed by atoms with E-state index in [0.29, 0.717) is 29.7 Å². The van der Waals surface area contributed by atoms with Crippen LogP contribution in [0.1, 0.15) is 19.8 Å². The van der Waals surface area contributed by atoms with Gasteiger partial charge in [0, 0.05) is 12.6 Å². The summed E-state index contributed by atoms with van der Waals surface area (Å²) in [6.45, 7) is 4.39. The van der Waals surface area contributed by atoms with Gasteiger partial charge in [-0.2, -0.15) is 0 Å². The molecule has 1 saturated heterocycles. The molecule has 0 bridgehead atoms. The third-order valence-corrected chi connectivity index (χ3v) is 3.91. The molecule has 1 aromatic carbocycles. The van der Waals surface area contributed by atoms with Crippen LogP contribution in [-0.4, -0.2) is 31.6 Å². The Hall–Kier alpha value is -1.26. The lowest BCUT2D eigenvalue weighted by Gasteiger charge is -2.30. The maximum absolute atomic E-state index is 11.9. The summed E-state index contributed by atoms with van der Waals surface area (Å²) in [5.41, 5.74) is 0. The standard InChI is InChI=1S/C15H21ClN2O2/c1-11-6-8-17-10-13(11)18-15(19)7-9-20-14-5-3-2-4-12(14)16/h2-5,11,13,17H,6-10H2,1H3,(H,18,19). The number of hydrogen-bond acceptors (Lipinski definition) is 3. The molecule has 2 atom stereocenters. The average molecular weight is 297 g/mol. The van der Waals surface area contributed by atoms with Crippen LogP contribution >= 0.6 is 11.6 Å². The second-order valence-electron chi connectivity index (χ2n) is 5.17. The molecule has 2 N–H and O–H groups in total. The van der Waals surface area contributed by atoms with Gasteiger partial charge in [0.25, 0.3) is 0 Å². The van der Waals surface area contributed by atoms with Crippen LogP contribution in [0, 0.1) is 5.92 Å². The highest BCUT2D eigenvalue weighted by Gasteiger charge is 2.22. The lowest BCUT2D eigenvalue weighted by Crippen LogP contribution is -2.50. The van der Waals surface area contributed by atoms with Gasteiger partial charge in [-0.3, -0.25) is 4.79 Å². The van der Waals surface area contributed by atoms with Gasteiger partial charge < -0.3 is 15.4 Å². The average Bonchev–Trinajstić information content (AvgIpc) is 2.43. The lowest BCUT2D eigenvalue weighted by molar-refractivity contribution is -0.122. The van der Waals surface area contributed by atoms with Crippen molar-refractivity contribution in [2.45, 2.75) is 25.8 Å². The zero-order valence-electron chi connectivity index (χ0n) is 11.7. The topological polar surface area (TPSA) is 50.4 Å². The summed E-state index contributed by atoms with van der Waals surface area (Å²) in [7, 11) is 0. The number of benzene rings is 1. The van der Waals surface area contributed by atoms with E-state index in [1.54, 1.807) is 12.1 Å². The molecule has 0 radical (unpaired) electrons. The van der Waals surface area contributed by atoms with Crippen molar-refractivity contribution >= 4 is 17.5 Å². The fourth-order valence-corrected chi connectivity index (χ4v) is 2.47. The number of carbonyl (C=O) groups is 1. The minimum Gasteiger partial charge on any atom is -0.491 e. The van der Waals surface area contributed by atoms with Crippen molar-refractivity contribution in [3.05, 3.63) is 29.3 Å². The van der Waals surface area contributed by atoms with Crippen LogP contribution in [0.3, 0.4) is 0 Å². The molecule has 1 aliphatic heterocycles. The van der Waals surface area contributed by atoms with Crippen LogP contribution in [0.2, 0.25) is 5.02 Å². The third kappa shape index (κ3) is 4.39. The van der Waals surface area contributed by atoms with E-state index in [2.05, 4.69) is 17.6 Å². The molecule has 4 nitrogen and oxygen atoms in total. The molecule has 1 aromatic rings. The third-order valence-electron chi connectivity index (χ3n) is 3.60. The molecule has 1 fully saturated rings. The molecule has 2 rings (SSSR count). The first-order valence-electron chi connectivity index (χ1n) is 7.04. The first kappa shape index (κ1) is 15.1. The van der Waals surface area contributed by atoms with E-state index < -0.39 is 0 Å². The first-order chi connectivity index (χ1) is 9.66. The molecule has 1 aliphatic rings. The van der Waals surface area contributed by atoms with Crippen molar-refractivity contribution in [2.24, 2.45) is 5.92 Å². The van der Waals surface area contributed by atoms with Gasteiger partial charge in [-0.05, 0) is 31.0 Å². The van der Waals surface area contributed by atoms with Gasteiger partial charge in [0.2, 0.25) is 5.91 Å². The normalized spacial score (nSPS) is 22.3. The molecule has 0 saturated carbocycles. The molecule has 1 heterocycles. The van der Waals surface area contributed by atoms with E-state index in [0.717, 1.165) is 19.5 Å². The number of hydrogen-bond donors (Lipinski definition) is 2. The van der Waals surface area contributed by atoms with Crippen LogP contribution in [0.4, 0.5) is 0 Å². The van der Waals surface area contributed by atoms with E-state index in [4.69, 9.17) is 16.3 Å². The quantitative estimate of drug-likeness (QED) is 0.876. The Morgan fingerprint density at radius 3 is 3.05 bits per heavy atom. The van der Waals surface area contributed by atoms with Gasteiger partial charge in [0.15, 0.2) is 0 Å². The fraction of sp³-hybridized carbons (Fsp3) is 0.533. The molecule has 0 spiro atoms. The van der Waals surface area contributed by atoms with E-state index in [1.807, 2.05) is 12.1 Å². The van der Waals surface area contributed by atoms with Gasteiger partial charge in [-0.1, -0.05) is 30.7 Å². The van der Waals surface area contributed by atoms with E-state index in [-0.39, 0.29) is 11.9 Å². The summed E-state index contributed by atoms with van der Waals surface area (Å²) < 4.78 is 5.52. The molecular weight excluding hydrogens is 276 g/mol. The Bertz CT molecular complexity index is 453. The van der Waals surface area contributed by atoms with Gasteiger partial charge in [-0.15, -0.1) is 0 Å². The Kier molecular flexibility index (Phi) is 5.68. The molecule has 0 aromatic heterocycles. The molecule has 20 heavy (non-hydrogen) atoms. The largest absolute Gasteiger partial charge is 0.491 e. The number of nitrogens with one attached hydrogen (secondary N) is 2. The van der Waals surface area contributed by atoms with Crippen molar-refractivity contribution in [1.29, 1.82) is 0 Å². The van der Waals surface area contributed by atoms with Crippen molar-refractivity contribution in [1.82, 2.24) is 10.6 Å². The van der Waals surface area contributed by atoms with Crippen LogP contribution in [0.25, 0.3) is 0 Å². The fourth-order valence-electron chi connectivity index (χ4n) is 2.28. The summed E-state index contributed by atoms with van der Waals surface area (Å²) >= 11 is 5.98. The Labute approximate surface area is 124 Å². The highest BCUT2D eigenvalue weighted by atomic mass is 35.5. The smallest absolute Gasteiger partial charge is 0.223 e. The van der Waals surface area contributed by atoms with Crippen LogP contribution < -0.4 is 15.4 Å². The van der Waals surface area contributed by atoms with E-state index in [9.17, 15) is 4.79 Å². The summed E-state index contributed by atoms with van der Waals surface area (Å²) in [4.78, 5) is 11.9. The molecule has 0 aliphatic carbocycles. The summed E-state index contributed by atoms with van der Waals surface area (Å²) in [5.74, 6) is 1.16. The van der Waals surface area contributed by atoms with Crippen molar-refractivity contribution in [3.8, 4) is 5.75 Å². The van der Waals surface area contributed by atoms with Gasteiger partial charge in [-0.25, -0.2) is 0 Å². The van der Waals surface area contributed by atoms with E-state index >= 15 is 0 Å². The van der Waals surface area contributed by atoms with E-state index in [1.165, 1.54) is 0 Å². The molecule has 110 valence electrons. The van der Waals surface area contributed by atoms with Crippen molar-refractivity contribution < 1.29 is 9.53 Å². The second kappa shape index (κ2) is 7.50. The highest BCUT2D eigenvalue weighted by molar-refractivity contribution is 6.32. The minimum absolute atomic E-state index is 0.0256. The first-order valence-corrected chi connectivity index (χ1v) is 7.42. The van der Waals surface area contributed by atoms with Gasteiger partial charge in [0.05, 0.1) is 18.1 Å². The lowest BCUT2D eigenvalue weighted by atomic mass is 9.95. The zero-order chi connectivity index (χ0) is 14.4. The SMILES string of the molecule is CC1CCNCC1NC(=O)CCOc1ccccc1Cl. The number of carbonyl (C=O) groups excluding carboxylic acids is 1. The number of para-hydroxylation sites is 1. The number of amides is 1. The van der Waals surface area contributed by atoms with Crippen LogP contribution in [0.5, 0.6) is 5.75 Å². The van der Waals surface area contributed by atoms with Crippen molar-refractivity contribution in [2.75, 3.05) is 19.7 Å². The monoisotopic (exact) mass is 296 g/mol. The molecule has 5 heteroatoms. The van der Waals surface area contributed by atoms with Gasteiger partial charge >= 0.3 is 0 Å². The number of halogens is 1. The number of rotatable bonds is 5. The predicted octanol–water partition coefficient (Wildman–Crippen LogP) is 2.22. The highest BCUT2D eigenvalue weighted by Crippen LogP contribution is 2.23. The Balaban J connectivity index is 1.71. The van der Waals surface area contributed by atoms with Gasteiger partial charge in [0.1, 0.15) is 5.75 Å². The van der Waals surface area contributed by atoms with Crippen LogP contribution in [-0.2, 0) is 4.79 Å². The summed E-state index contributed by atoms with van der Waals surface area (Å²) in [6.07, 6.45) is 1.44. The predicted molar refractivity (Wildman–Crippen MR) is 80.1 cm³/mol. The maximum Gasteiger partial charge on any atom is 0.223 e. The Morgan fingerprint density at radius 2 is 2.30 bits per heavy atom. The summed E-state index contributed by atoms with van der Waals surface area (Å²) in [5, 5.41) is 6.92. The van der Waals surface area contributed by atoms with Crippen LogP contribution in [0.15, 0.2) is 24.3 Å². The molecule has 1 amide bonds. The zero-order valence-corrected chi connectivity index (χ0v) is 12.5. The minimum atomic E-state index is 0.0256. The number of ether oxygens (including phenoxy) is 1. The Morgan fingerprint density at radius 1 is 1.50 bits per heavy atom. The van der Waals surface area contributed by atoms with Crippen molar-refractivity contribution in [3.63, 3.8) is 0 Å². The maximum atomic E-state index is 11.9. The summed E-state index contributed by atoms with van der Waals surface area (Å²) in [6, 6.07) is 7.49. The number of piperidine rings is 1. The molecule has 2 unspecified atom stereocenters. The second-order valence-corrected chi connectivity index (χ2v) is 5.58.